The topological polar surface area (TPSA) is 42.2 Å². The number of phenolic OH excluding ortho intramolecular Hbond substituents is 1. The number of carbonyl (C=O) groups is 1. The molecule has 1 N–H and O–H groups in total. The first-order valence-corrected chi connectivity index (χ1v) is 8.61. The predicted octanol–water partition coefficient (Wildman–Crippen LogP) is 4.77. The van der Waals surface area contributed by atoms with Crippen LogP contribution in [0.3, 0.4) is 0 Å². The molecule has 0 aliphatic heterocycles. The summed E-state index contributed by atoms with van der Waals surface area (Å²) in [7, 11) is 0. The molecule has 4 rings (SSSR count). The number of phenols is 1. The Labute approximate surface area is 141 Å². The molecule has 122 valence electrons. The van der Waals surface area contributed by atoms with Gasteiger partial charge in [0.2, 0.25) is 0 Å². The Balaban J connectivity index is 2.22. The number of aryl methyl sites for hydroxylation is 2. The standard InChI is InChI=1S/C21H21NO2/c1-2-3-11-22-17-10-6-8-15(13-23)19(17)20-18(24)12-14-7-4-5-9-16(14)21(20)22/h2-3,6,8,10,12-13,24H,4-5,7,9,11H2,1H3/b3-2+. The van der Waals surface area contributed by atoms with Crippen molar-refractivity contribution in [3.05, 3.63) is 53.1 Å². The van der Waals surface area contributed by atoms with Crippen LogP contribution in [0.25, 0.3) is 21.8 Å². The van der Waals surface area contributed by atoms with E-state index in [2.05, 4.69) is 10.6 Å². The number of aldehydes is 1. The summed E-state index contributed by atoms with van der Waals surface area (Å²) in [5.41, 5.74) is 5.35. The normalized spacial score (nSPS) is 14.5. The van der Waals surface area contributed by atoms with E-state index in [1.807, 2.05) is 37.3 Å². The van der Waals surface area contributed by atoms with Gasteiger partial charge >= 0.3 is 0 Å². The number of allylic oxidation sites excluding steroid dienone is 2. The number of carbonyl (C=O) groups excluding carboxylic acids is 1. The van der Waals surface area contributed by atoms with Gasteiger partial charge < -0.3 is 9.67 Å². The Morgan fingerprint density at radius 1 is 1.21 bits per heavy atom. The minimum absolute atomic E-state index is 0.296. The third-order valence-corrected chi connectivity index (χ3v) is 5.14. The average Bonchev–Trinajstić information content (AvgIpc) is 2.95. The van der Waals surface area contributed by atoms with E-state index >= 15 is 0 Å². The highest BCUT2D eigenvalue weighted by Gasteiger charge is 2.22. The highest BCUT2D eigenvalue weighted by atomic mass is 16.3. The molecule has 0 spiro atoms. The Kier molecular flexibility index (Phi) is 3.64. The van der Waals surface area contributed by atoms with Crippen molar-refractivity contribution in [2.45, 2.75) is 39.2 Å². The first-order chi connectivity index (χ1) is 11.8. The van der Waals surface area contributed by atoms with E-state index in [-0.39, 0.29) is 0 Å². The summed E-state index contributed by atoms with van der Waals surface area (Å²) in [5.74, 6) is 0.296. The first-order valence-electron chi connectivity index (χ1n) is 8.61. The van der Waals surface area contributed by atoms with Gasteiger partial charge in [-0.3, -0.25) is 4.79 Å². The van der Waals surface area contributed by atoms with Crippen molar-refractivity contribution in [2.24, 2.45) is 0 Å². The maximum absolute atomic E-state index is 11.6. The van der Waals surface area contributed by atoms with Crippen molar-refractivity contribution >= 4 is 28.1 Å². The third kappa shape index (κ3) is 2.08. The second kappa shape index (κ2) is 5.82. The Morgan fingerprint density at radius 3 is 2.83 bits per heavy atom. The molecule has 3 heteroatoms. The van der Waals surface area contributed by atoms with Gasteiger partial charge in [-0.1, -0.05) is 24.3 Å². The molecule has 3 aromatic rings. The lowest BCUT2D eigenvalue weighted by molar-refractivity contribution is 0.112. The lowest BCUT2D eigenvalue weighted by Crippen LogP contribution is -2.06. The number of aromatic hydroxyl groups is 1. The van der Waals surface area contributed by atoms with Crippen molar-refractivity contribution in [1.29, 1.82) is 0 Å². The van der Waals surface area contributed by atoms with Crippen molar-refractivity contribution in [2.75, 3.05) is 0 Å². The summed E-state index contributed by atoms with van der Waals surface area (Å²) in [4.78, 5) is 11.6. The minimum atomic E-state index is 0.296. The van der Waals surface area contributed by atoms with Crippen LogP contribution in [-0.4, -0.2) is 16.0 Å². The van der Waals surface area contributed by atoms with E-state index in [9.17, 15) is 9.90 Å². The van der Waals surface area contributed by atoms with E-state index in [1.165, 1.54) is 24.0 Å². The lowest BCUT2D eigenvalue weighted by Gasteiger charge is -2.19. The van der Waals surface area contributed by atoms with Crippen molar-refractivity contribution in [3.8, 4) is 5.75 Å². The van der Waals surface area contributed by atoms with Gasteiger partial charge in [-0.2, -0.15) is 0 Å². The van der Waals surface area contributed by atoms with Crippen LogP contribution in [0.2, 0.25) is 0 Å². The largest absolute Gasteiger partial charge is 0.507 e. The summed E-state index contributed by atoms with van der Waals surface area (Å²) in [6, 6.07) is 7.70. The third-order valence-electron chi connectivity index (χ3n) is 5.14. The SMILES string of the molecule is C/C=C/Cn1c2cccc(C=O)c2c2c(O)cc3c(c21)CCCC3. The average molecular weight is 319 g/mol. The smallest absolute Gasteiger partial charge is 0.150 e. The van der Waals surface area contributed by atoms with E-state index < -0.39 is 0 Å². The molecule has 2 aromatic carbocycles. The first kappa shape index (κ1) is 15.0. The van der Waals surface area contributed by atoms with Gasteiger partial charge in [0.15, 0.2) is 6.29 Å². The van der Waals surface area contributed by atoms with E-state index in [0.29, 0.717) is 11.3 Å². The van der Waals surface area contributed by atoms with Crippen LogP contribution in [0.1, 0.15) is 41.3 Å². The highest BCUT2D eigenvalue weighted by molar-refractivity contribution is 6.17. The molecule has 1 aliphatic rings. The van der Waals surface area contributed by atoms with Crippen LogP contribution in [-0.2, 0) is 19.4 Å². The van der Waals surface area contributed by atoms with Gasteiger partial charge in [0.25, 0.3) is 0 Å². The second-order valence-electron chi connectivity index (χ2n) is 6.50. The number of nitrogens with zero attached hydrogens (tertiary/aromatic N) is 1. The number of benzene rings is 2. The molecule has 0 radical (unpaired) electrons. The molecule has 1 heterocycles. The van der Waals surface area contributed by atoms with Crippen molar-refractivity contribution in [1.82, 2.24) is 4.57 Å². The molecule has 0 amide bonds. The second-order valence-corrected chi connectivity index (χ2v) is 6.50. The summed E-state index contributed by atoms with van der Waals surface area (Å²) in [5, 5.41) is 12.4. The minimum Gasteiger partial charge on any atom is -0.507 e. The van der Waals surface area contributed by atoms with Crippen LogP contribution in [0.4, 0.5) is 0 Å². The van der Waals surface area contributed by atoms with Crippen molar-refractivity contribution in [3.63, 3.8) is 0 Å². The molecule has 0 unspecified atom stereocenters. The highest BCUT2D eigenvalue weighted by Crippen LogP contribution is 2.42. The molecule has 1 aliphatic carbocycles. The summed E-state index contributed by atoms with van der Waals surface area (Å²) in [6.45, 7) is 2.76. The van der Waals surface area contributed by atoms with E-state index in [0.717, 1.165) is 47.5 Å². The van der Waals surface area contributed by atoms with Crippen LogP contribution in [0.15, 0.2) is 36.4 Å². The number of hydrogen-bond acceptors (Lipinski definition) is 2. The predicted molar refractivity (Wildman–Crippen MR) is 98.0 cm³/mol. The zero-order chi connectivity index (χ0) is 16.7. The maximum Gasteiger partial charge on any atom is 0.150 e. The zero-order valence-electron chi connectivity index (χ0n) is 13.9. The van der Waals surface area contributed by atoms with Crippen LogP contribution in [0, 0.1) is 0 Å². The fourth-order valence-electron chi connectivity index (χ4n) is 4.09. The molecule has 0 saturated heterocycles. The molecular weight excluding hydrogens is 298 g/mol. The molecule has 0 atom stereocenters. The maximum atomic E-state index is 11.6. The Morgan fingerprint density at radius 2 is 2.04 bits per heavy atom. The van der Waals surface area contributed by atoms with Crippen LogP contribution >= 0.6 is 0 Å². The summed E-state index contributed by atoms with van der Waals surface area (Å²) < 4.78 is 2.25. The Hall–Kier alpha value is -2.55. The number of aromatic nitrogens is 1. The van der Waals surface area contributed by atoms with E-state index in [4.69, 9.17) is 0 Å². The molecule has 0 fully saturated rings. The molecular formula is C21H21NO2. The van der Waals surface area contributed by atoms with Gasteiger partial charge in [-0.05, 0) is 55.9 Å². The Bertz CT molecular complexity index is 979. The van der Waals surface area contributed by atoms with Gasteiger partial charge in [-0.25, -0.2) is 0 Å². The number of fused-ring (bicyclic) bond motifs is 5. The monoisotopic (exact) mass is 319 g/mol. The van der Waals surface area contributed by atoms with Gasteiger partial charge in [0.1, 0.15) is 5.75 Å². The van der Waals surface area contributed by atoms with Gasteiger partial charge in [0, 0.05) is 17.5 Å². The molecule has 24 heavy (non-hydrogen) atoms. The van der Waals surface area contributed by atoms with Gasteiger partial charge in [-0.15, -0.1) is 0 Å². The fourth-order valence-corrected chi connectivity index (χ4v) is 4.09. The van der Waals surface area contributed by atoms with Gasteiger partial charge in [0.05, 0.1) is 16.4 Å². The summed E-state index contributed by atoms with van der Waals surface area (Å²) in [6.07, 6.45) is 9.45. The fraction of sp³-hybridized carbons (Fsp3) is 0.286. The van der Waals surface area contributed by atoms with Crippen LogP contribution in [0.5, 0.6) is 5.75 Å². The number of rotatable bonds is 3. The number of hydrogen-bond donors (Lipinski definition) is 1. The lowest BCUT2D eigenvalue weighted by atomic mass is 9.89. The summed E-state index contributed by atoms with van der Waals surface area (Å²) >= 11 is 0. The molecule has 0 bridgehead atoms. The van der Waals surface area contributed by atoms with Crippen LogP contribution < -0.4 is 0 Å². The molecule has 0 saturated carbocycles. The van der Waals surface area contributed by atoms with E-state index in [1.54, 1.807) is 0 Å². The molecule has 1 aromatic heterocycles. The quantitative estimate of drug-likeness (QED) is 0.558. The molecule has 3 nitrogen and oxygen atoms in total. The van der Waals surface area contributed by atoms with Crippen molar-refractivity contribution < 1.29 is 9.90 Å². The zero-order valence-corrected chi connectivity index (χ0v) is 13.9.